The first-order valence-electron chi connectivity index (χ1n) is 6.16. The van der Waals surface area contributed by atoms with Crippen molar-refractivity contribution in [3.63, 3.8) is 0 Å². The molecule has 0 spiro atoms. The second-order valence-corrected chi connectivity index (χ2v) is 5.00. The first kappa shape index (κ1) is 16.0. The highest BCUT2D eigenvalue weighted by molar-refractivity contribution is 5.92. The van der Waals surface area contributed by atoms with Crippen LogP contribution in [0.3, 0.4) is 0 Å². The summed E-state index contributed by atoms with van der Waals surface area (Å²) >= 11 is 0. The standard InChI is InChI=1S/C14H20N2O4/c1-14(2,13(18)19)16(3)9-12(17)15-10-5-7-11(20-4)8-6-10/h5-8H,9H2,1-4H3,(H,15,17)(H,18,19). The fraction of sp³-hybridized carbons (Fsp3) is 0.429. The van der Waals surface area contributed by atoms with E-state index in [9.17, 15) is 9.59 Å². The highest BCUT2D eigenvalue weighted by Crippen LogP contribution is 2.16. The van der Waals surface area contributed by atoms with Crippen molar-refractivity contribution in [1.29, 1.82) is 0 Å². The summed E-state index contributed by atoms with van der Waals surface area (Å²) in [5.74, 6) is -0.545. The second-order valence-electron chi connectivity index (χ2n) is 5.00. The normalized spacial score (nSPS) is 11.2. The van der Waals surface area contributed by atoms with Gasteiger partial charge < -0.3 is 15.2 Å². The number of aliphatic carboxylic acids is 1. The van der Waals surface area contributed by atoms with Crippen molar-refractivity contribution in [3.8, 4) is 5.75 Å². The number of carbonyl (C=O) groups excluding carboxylic acids is 1. The average molecular weight is 280 g/mol. The first-order chi connectivity index (χ1) is 9.27. The van der Waals surface area contributed by atoms with E-state index in [1.165, 1.54) is 4.90 Å². The van der Waals surface area contributed by atoms with E-state index in [0.717, 1.165) is 0 Å². The lowest BCUT2D eigenvalue weighted by molar-refractivity contribution is -0.148. The maximum atomic E-state index is 11.9. The molecule has 0 aliphatic carbocycles. The molecule has 6 heteroatoms. The number of anilines is 1. The third-order valence-electron chi connectivity index (χ3n) is 3.23. The zero-order chi connectivity index (χ0) is 15.3. The Hall–Kier alpha value is -2.08. The van der Waals surface area contributed by atoms with Gasteiger partial charge >= 0.3 is 5.97 Å². The van der Waals surface area contributed by atoms with Crippen LogP contribution in [0.15, 0.2) is 24.3 Å². The van der Waals surface area contributed by atoms with Gasteiger partial charge in [-0.2, -0.15) is 0 Å². The van der Waals surface area contributed by atoms with Crippen molar-refractivity contribution >= 4 is 17.6 Å². The SMILES string of the molecule is COc1ccc(NC(=O)CN(C)C(C)(C)C(=O)O)cc1. The summed E-state index contributed by atoms with van der Waals surface area (Å²) in [5, 5.41) is 11.8. The van der Waals surface area contributed by atoms with Crippen molar-refractivity contribution in [2.45, 2.75) is 19.4 Å². The molecule has 20 heavy (non-hydrogen) atoms. The Morgan fingerprint density at radius 1 is 1.30 bits per heavy atom. The van der Waals surface area contributed by atoms with Crippen LogP contribution in [-0.2, 0) is 9.59 Å². The molecule has 1 aromatic rings. The molecule has 0 atom stereocenters. The van der Waals surface area contributed by atoms with Crippen LogP contribution in [0.25, 0.3) is 0 Å². The van der Waals surface area contributed by atoms with Crippen LogP contribution >= 0.6 is 0 Å². The number of benzene rings is 1. The minimum absolute atomic E-state index is 0.00860. The van der Waals surface area contributed by atoms with Crippen LogP contribution in [0, 0.1) is 0 Å². The molecule has 110 valence electrons. The lowest BCUT2D eigenvalue weighted by Crippen LogP contribution is -2.50. The van der Waals surface area contributed by atoms with Gasteiger partial charge in [0, 0.05) is 5.69 Å². The average Bonchev–Trinajstić information content (AvgIpc) is 2.39. The number of methoxy groups -OCH3 is 1. The van der Waals surface area contributed by atoms with E-state index in [1.54, 1.807) is 52.3 Å². The van der Waals surface area contributed by atoms with Crippen molar-refractivity contribution in [2.24, 2.45) is 0 Å². The molecule has 0 bridgehead atoms. The molecule has 1 aromatic carbocycles. The number of carboxylic acid groups (broad SMARTS) is 1. The Bertz CT molecular complexity index is 482. The minimum atomic E-state index is -1.10. The molecule has 6 nitrogen and oxygen atoms in total. The van der Waals surface area contributed by atoms with Gasteiger partial charge in [-0.3, -0.25) is 14.5 Å². The van der Waals surface area contributed by atoms with Gasteiger partial charge in [-0.1, -0.05) is 0 Å². The maximum Gasteiger partial charge on any atom is 0.323 e. The number of rotatable bonds is 6. The van der Waals surface area contributed by atoms with Crippen LogP contribution in [-0.4, -0.2) is 48.1 Å². The topological polar surface area (TPSA) is 78.9 Å². The smallest absolute Gasteiger partial charge is 0.323 e. The maximum absolute atomic E-state index is 11.9. The van der Waals surface area contributed by atoms with Crippen LogP contribution in [0.4, 0.5) is 5.69 Å². The molecule has 0 fully saturated rings. The van der Waals surface area contributed by atoms with Gasteiger partial charge in [0.2, 0.25) is 5.91 Å². The van der Waals surface area contributed by atoms with Crippen LogP contribution in [0.5, 0.6) is 5.75 Å². The highest BCUT2D eigenvalue weighted by atomic mass is 16.5. The van der Waals surface area contributed by atoms with Crippen molar-refractivity contribution in [2.75, 3.05) is 26.0 Å². The summed E-state index contributed by atoms with van der Waals surface area (Å²) in [5.41, 5.74) is -0.464. The van der Waals surface area contributed by atoms with E-state index in [-0.39, 0.29) is 12.5 Å². The van der Waals surface area contributed by atoms with Crippen LogP contribution in [0.2, 0.25) is 0 Å². The fourth-order valence-corrected chi connectivity index (χ4v) is 1.45. The lowest BCUT2D eigenvalue weighted by Gasteiger charge is -2.30. The summed E-state index contributed by atoms with van der Waals surface area (Å²) in [6.07, 6.45) is 0. The zero-order valence-electron chi connectivity index (χ0n) is 12.1. The summed E-state index contributed by atoms with van der Waals surface area (Å²) < 4.78 is 5.02. The number of nitrogens with one attached hydrogen (secondary N) is 1. The van der Waals surface area contributed by atoms with E-state index >= 15 is 0 Å². The molecule has 0 heterocycles. The number of nitrogens with zero attached hydrogens (tertiary/aromatic N) is 1. The summed E-state index contributed by atoms with van der Waals surface area (Å²) in [7, 11) is 3.16. The Labute approximate surface area is 118 Å². The molecule has 0 radical (unpaired) electrons. The van der Waals surface area contributed by atoms with Crippen molar-refractivity contribution in [1.82, 2.24) is 4.90 Å². The number of carboxylic acids is 1. The van der Waals surface area contributed by atoms with Crippen LogP contribution < -0.4 is 10.1 Å². The molecule has 2 N–H and O–H groups in total. The number of hydrogen-bond acceptors (Lipinski definition) is 4. The summed E-state index contributed by atoms with van der Waals surface area (Å²) in [4.78, 5) is 24.4. The third kappa shape index (κ3) is 3.96. The molecule has 1 rings (SSSR count). The molecule has 0 unspecified atom stereocenters. The molecule has 0 aromatic heterocycles. The van der Waals surface area contributed by atoms with Gasteiger partial charge in [-0.25, -0.2) is 0 Å². The first-order valence-corrected chi connectivity index (χ1v) is 6.16. The Balaban J connectivity index is 2.61. The van der Waals surface area contributed by atoms with Gasteiger partial charge in [0.1, 0.15) is 11.3 Å². The predicted molar refractivity (Wildman–Crippen MR) is 76.0 cm³/mol. The molecule has 0 aliphatic heterocycles. The molecular formula is C14H20N2O4. The third-order valence-corrected chi connectivity index (χ3v) is 3.23. The summed E-state index contributed by atoms with van der Waals surface area (Å²) in [6, 6.07) is 6.92. The van der Waals surface area contributed by atoms with E-state index in [0.29, 0.717) is 11.4 Å². The zero-order valence-corrected chi connectivity index (χ0v) is 12.1. The molecule has 0 aliphatic rings. The Morgan fingerprint density at radius 2 is 1.85 bits per heavy atom. The number of likely N-dealkylation sites (N-methyl/N-ethyl adjacent to an activating group) is 1. The molecular weight excluding hydrogens is 260 g/mol. The van der Waals surface area contributed by atoms with E-state index in [4.69, 9.17) is 9.84 Å². The number of ether oxygens (including phenoxy) is 1. The minimum Gasteiger partial charge on any atom is -0.497 e. The quantitative estimate of drug-likeness (QED) is 0.824. The largest absolute Gasteiger partial charge is 0.497 e. The van der Waals surface area contributed by atoms with Crippen LogP contribution in [0.1, 0.15) is 13.8 Å². The number of hydrogen-bond donors (Lipinski definition) is 2. The van der Waals surface area contributed by atoms with E-state index in [1.807, 2.05) is 0 Å². The highest BCUT2D eigenvalue weighted by Gasteiger charge is 2.32. The molecule has 0 saturated carbocycles. The van der Waals surface area contributed by atoms with Gasteiger partial charge in [-0.15, -0.1) is 0 Å². The van der Waals surface area contributed by atoms with E-state index in [2.05, 4.69) is 5.32 Å². The van der Waals surface area contributed by atoms with Gasteiger partial charge in [0.25, 0.3) is 0 Å². The van der Waals surface area contributed by atoms with Gasteiger partial charge in [-0.05, 0) is 45.2 Å². The van der Waals surface area contributed by atoms with E-state index < -0.39 is 11.5 Å². The monoisotopic (exact) mass is 280 g/mol. The number of carbonyl (C=O) groups is 2. The van der Waals surface area contributed by atoms with Crippen molar-refractivity contribution in [3.05, 3.63) is 24.3 Å². The predicted octanol–water partition coefficient (Wildman–Crippen LogP) is 1.43. The second kappa shape index (κ2) is 6.38. The fourth-order valence-electron chi connectivity index (χ4n) is 1.45. The summed E-state index contributed by atoms with van der Waals surface area (Å²) in [6.45, 7) is 3.09. The Morgan fingerprint density at radius 3 is 2.30 bits per heavy atom. The number of amides is 1. The molecule has 1 amide bonds. The van der Waals surface area contributed by atoms with Gasteiger partial charge in [0.05, 0.1) is 13.7 Å². The Kier molecular flexibility index (Phi) is 5.10. The molecule has 0 saturated heterocycles. The van der Waals surface area contributed by atoms with Crippen molar-refractivity contribution < 1.29 is 19.4 Å². The van der Waals surface area contributed by atoms with Gasteiger partial charge in [0.15, 0.2) is 0 Å². The lowest BCUT2D eigenvalue weighted by atomic mass is 10.0.